The molecule has 0 aliphatic heterocycles. The van der Waals surface area contributed by atoms with Crippen molar-refractivity contribution in [1.82, 2.24) is 0 Å². The molecule has 3 nitrogen and oxygen atoms in total. The summed E-state index contributed by atoms with van der Waals surface area (Å²) in [5, 5.41) is 2.41. The van der Waals surface area contributed by atoms with Gasteiger partial charge in [-0.3, -0.25) is 5.32 Å². The Hall–Kier alpha value is -1.45. The molecule has 11 heavy (non-hydrogen) atoms. The van der Waals surface area contributed by atoms with E-state index in [-0.39, 0.29) is 0 Å². The van der Waals surface area contributed by atoms with Gasteiger partial charge in [0.25, 0.3) is 0 Å². The van der Waals surface area contributed by atoms with Crippen molar-refractivity contribution in [1.29, 1.82) is 0 Å². The third-order valence-corrected chi connectivity index (χ3v) is 1.13. The maximum atomic E-state index is 10.5. The molecule has 0 bridgehead atoms. The number of para-hydroxylation sites is 1. The standard InChI is InChI=1S/C7H6BNO2/c8-11-7(10)9-6-4-2-1-3-5-6/h1-5H,(H,9,10). The van der Waals surface area contributed by atoms with Crippen LogP contribution >= 0.6 is 0 Å². The smallest absolute Gasteiger partial charge is 0.392 e. The Morgan fingerprint density at radius 1 is 1.36 bits per heavy atom. The molecule has 54 valence electrons. The number of carbonyl (C=O) groups excluding carboxylic acids is 1. The third kappa shape index (κ3) is 2.33. The van der Waals surface area contributed by atoms with E-state index in [1.165, 1.54) is 0 Å². The zero-order valence-corrected chi connectivity index (χ0v) is 5.78. The van der Waals surface area contributed by atoms with Crippen LogP contribution in [0.4, 0.5) is 10.5 Å². The van der Waals surface area contributed by atoms with E-state index in [0.717, 1.165) is 0 Å². The van der Waals surface area contributed by atoms with Crippen molar-refractivity contribution in [2.24, 2.45) is 0 Å². The second-order valence-electron chi connectivity index (χ2n) is 1.90. The molecule has 0 atom stereocenters. The molecular weight excluding hydrogens is 141 g/mol. The van der Waals surface area contributed by atoms with Crippen molar-refractivity contribution in [2.45, 2.75) is 0 Å². The maximum absolute atomic E-state index is 10.5. The molecule has 0 unspecified atom stereocenters. The summed E-state index contributed by atoms with van der Waals surface area (Å²) < 4.78 is 3.90. The first-order valence-electron chi connectivity index (χ1n) is 3.05. The van der Waals surface area contributed by atoms with Crippen LogP contribution in [-0.2, 0) is 4.65 Å². The van der Waals surface area contributed by atoms with Gasteiger partial charge in [0.2, 0.25) is 0 Å². The fraction of sp³-hybridized carbons (Fsp3) is 0. The molecule has 0 aliphatic carbocycles. The molecule has 2 radical (unpaired) electrons. The number of carbonyl (C=O) groups is 1. The Balaban J connectivity index is 2.58. The molecule has 0 saturated heterocycles. The lowest BCUT2D eigenvalue weighted by Gasteiger charge is -2.01. The molecule has 0 aliphatic rings. The predicted octanol–water partition coefficient (Wildman–Crippen LogP) is 1.32. The average molecular weight is 147 g/mol. The summed E-state index contributed by atoms with van der Waals surface area (Å²) in [6, 6.07) is 8.91. The number of anilines is 1. The van der Waals surface area contributed by atoms with Crippen LogP contribution in [0, 0.1) is 0 Å². The van der Waals surface area contributed by atoms with E-state index >= 15 is 0 Å². The van der Waals surface area contributed by atoms with E-state index < -0.39 is 6.09 Å². The third-order valence-electron chi connectivity index (χ3n) is 1.13. The first-order chi connectivity index (χ1) is 5.33. The minimum absolute atomic E-state index is 0.656. The maximum Gasteiger partial charge on any atom is 0.392 e. The second-order valence-corrected chi connectivity index (χ2v) is 1.90. The minimum atomic E-state index is -0.670. The highest BCUT2D eigenvalue weighted by Crippen LogP contribution is 2.04. The number of hydrogen-bond donors (Lipinski definition) is 1. The molecular formula is C7H6BNO2. The lowest BCUT2D eigenvalue weighted by atomic mass is 10.3. The van der Waals surface area contributed by atoms with Gasteiger partial charge in [0.15, 0.2) is 0 Å². The summed E-state index contributed by atoms with van der Waals surface area (Å²) in [5.41, 5.74) is 0.656. The summed E-state index contributed by atoms with van der Waals surface area (Å²) in [5.74, 6) is 0. The zero-order valence-electron chi connectivity index (χ0n) is 5.78. The van der Waals surface area contributed by atoms with Gasteiger partial charge in [-0.25, -0.2) is 4.79 Å². The summed E-state index contributed by atoms with van der Waals surface area (Å²) in [6.07, 6.45) is -0.670. The fourth-order valence-corrected chi connectivity index (χ4v) is 0.669. The summed E-state index contributed by atoms with van der Waals surface area (Å²) in [6.45, 7) is 0. The highest BCUT2D eigenvalue weighted by Gasteiger charge is 1.96. The lowest BCUT2D eigenvalue weighted by molar-refractivity contribution is 0.219. The molecule has 0 saturated carbocycles. The SMILES string of the molecule is [B]OC(=O)Nc1ccccc1. The Labute approximate surface area is 65.8 Å². The number of amides is 1. The van der Waals surface area contributed by atoms with Crippen molar-refractivity contribution >= 4 is 19.8 Å². The summed E-state index contributed by atoms with van der Waals surface area (Å²) in [7, 11) is 4.61. The molecule has 1 rings (SSSR count). The van der Waals surface area contributed by atoms with Crippen LogP contribution in [0.1, 0.15) is 0 Å². The Morgan fingerprint density at radius 3 is 2.55 bits per heavy atom. The molecule has 0 spiro atoms. The minimum Gasteiger partial charge on any atom is -0.528 e. The van der Waals surface area contributed by atoms with E-state index in [1.807, 2.05) is 6.07 Å². The quantitative estimate of drug-likeness (QED) is 0.608. The van der Waals surface area contributed by atoms with E-state index in [1.54, 1.807) is 24.3 Å². The van der Waals surface area contributed by atoms with Crippen molar-refractivity contribution in [3.8, 4) is 0 Å². The molecule has 1 aromatic carbocycles. The van der Waals surface area contributed by atoms with Crippen molar-refractivity contribution in [3.63, 3.8) is 0 Å². The van der Waals surface area contributed by atoms with Crippen LogP contribution < -0.4 is 5.32 Å². The number of rotatable bonds is 1. The molecule has 0 fully saturated rings. The molecule has 0 heterocycles. The van der Waals surface area contributed by atoms with Gasteiger partial charge >= 0.3 is 14.1 Å². The first-order valence-corrected chi connectivity index (χ1v) is 3.05. The van der Waals surface area contributed by atoms with Gasteiger partial charge in [-0.05, 0) is 12.1 Å². The van der Waals surface area contributed by atoms with Gasteiger partial charge in [0, 0.05) is 5.69 Å². The normalized spacial score (nSPS) is 8.73. The second kappa shape index (κ2) is 3.66. The van der Waals surface area contributed by atoms with E-state index in [9.17, 15) is 4.79 Å². The Morgan fingerprint density at radius 2 is 2.00 bits per heavy atom. The Bertz CT molecular complexity index is 237. The van der Waals surface area contributed by atoms with Gasteiger partial charge in [-0.1, -0.05) is 18.2 Å². The van der Waals surface area contributed by atoms with Crippen LogP contribution in [0.15, 0.2) is 30.3 Å². The van der Waals surface area contributed by atoms with Crippen LogP contribution in [0.25, 0.3) is 0 Å². The summed E-state index contributed by atoms with van der Waals surface area (Å²) in [4.78, 5) is 10.5. The largest absolute Gasteiger partial charge is 0.528 e. The van der Waals surface area contributed by atoms with Gasteiger partial charge in [-0.2, -0.15) is 0 Å². The van der Waals surface area contributed by atoms with Gasteiger partial charge in [-0.15, -0.1) is 0 Å². The molecule has 4 heteroatoms. The fourth-order valence-electron chi connectivity index (χ4n) is 0.669. The van der Waals surface area contributed by atoms with Crippen molar-refractivity contribution < 1.29 is 9.45 Å². The van der Waals surface area contributed by atoms with Crippen LogP contribution in [-0.4, -0.2) is 14.1 Å². The molecule has 1 aromatic rings. The monoisotopic (exact) mass is 147 g/mol. The van der Waals surface area contributed by atoms with Crippen LogP contribution in [0.5, 0.6) is 0 Å². The highest BCUT2D eigenvalue weighted by atomic mass is 16.5. The van der Waals surface area contributed by atoms with Gasteiger partial charge in [0.1, 0.15) is 0 Å². The van der Waals surface area contributed by atoms with Crippen LogP contribution in [0.3, 0.4) is 0 Å². The number of benzene rings is 1. The van der Waals surface area contributed by atoms with Gasteiger partial charge < -0.3 is 4.65 Å². The lowest BCUT2D eigenvalue weighted by Crippen LogP contribution is -2.11. The van der Waals surface area contributed by atoms with E-state index in [0.29, 0.717) is 5.69 Å². The Kier molecular flexibility index (Phi) is 2.55. The molecule has 1 amide bonds. The van der Waals surface area contributed by atoms with Crippen molar-refractivity contribution in [3.05, 3.63) is 30.3 Å². The number of hydrogen-bond acceptors (Lipinski definition) is 2. The first kappa shape index (κ1) is 7.66. The molecule has 0 aromatic heterocycles. The predicted molar refractivity (Wildman–Crippen MR) is 42.3 cm³/mol. The topological polar surface area (TPSA) is 38.3 Å². The molecule has 1 N–H and O–H groups in total. The van der Waals surface area contributed by atoms with Gasteiger partial charge in [0.05, 0.1) is 0 Å². The average Bonchev–Trinajstić information content (AvgIpc) is 2.06. The zero-order chi connectivity index (χ0) is 8.10. The number of nitrogens with one attached hydrogen (secondary N) is 1. The van der Waals surface area contributed by atoms with E-state index in [4.69, 9.17) is 0 Å². The van der Waals surface area contributed by atoms with E-state index in [2.05, 4.69) is 18.0 Å². The van der Waals surface area contributed by atoms with Crippen molar-refractivity contribution in [2.75, 3.05) is 5.32 Å². The summed E-state index contributed by atoms with van der Waals surface area (Å²) >= 11 is 0. The van der Waals surface area contributed by atoms with Crippen LogP contribution in [0.2, 0.25) is 0 Å². The highest BCUT2D eigenvalue weighted by molar-refractivity contribution is 6.07.